The smallest absolute Gasteiger partial charge is 0.340 e. The molecule has 0 spiro atoms. The molecule has 0 N–H and O–H groups in total. The first-order valence-electron chi connectivity index (χ1n) is 17.6. The van der Waals surface area contributed by atoms with E-state index in [9.17, 15) is 0 Å². The van der Waals surface area contributed by atoms with E-state index in [0.717, 1.165) is 77.8 Å². The Morgan fingerprint density at radius 3 is 2.15 bits per heavy atom. The topological polar surface area (TPSA) is 40.0 Å². The van der Waals surface area contributed by atoms with E-state index < -0.39 is 0 Å². The molecule has 0 saturated heterocycles. The summed E-state index contributed by atoms with van der Waals surface area (Å²) < 4.78 is 4.32. The molecule has 0 radical (unpaired) electrons. The summed E-state index contributed by atoms with van der Waals surface area (Å²) >= 11 is 0. The molecule has 7 heteroatoms. The van der Waals surface area contributed by atoms with Gasteiger partial charge in [0, 0.05) is 29.8 Å². The van der Waals surface area contributed by atoms with Gasteiger partial charge in [0.15, 0.2) is 6.71 Å². The fourth-order valence-corrected chi connectivity index (χ4v) is 7.62. The number of para-hydroxylation sites is 1. The molecule has 9 rings (SSSR count). The Labute approximate surface area is 329 Å². The third-order valence-corrected chi connectivity index (χ3v) is 10.0. The van der Waals surface area contributed by atoms with Crippen LogP contribution in [0.2, 0.25) is 0 Å². The van der Waals surface area contributed by atoms with Crippen LogP contribution in [0, 0.1) is 32.6 Å². The van der Waals surface area contributed by atoms with E-state index in [1.807, 2.05) is 61.1 Å². The summed E-state index contributed by atoms with van der Waals surface area (Å²) in [5.74, 6) is 1.57. The molecular formula is C47H32BN5Pt. The van der Waals surface area contributed by atoms with Crippen molar-refractivity contribution in [2.24, 2.45) is 0 Å². The van der Waals surface area contributed by atoms with Crippen LogP contribution >= 0.6 is 0 Å². The molecule has 6 aromatic carbocycles. The first-order valence-corrected chi connectivity index (χ1v) is 17.6. The van der Waals surface area contributed by atoms with E-state index >= 15 is 0 Å². The number of hydrogen-bond donors (Lipinski definition) is 0. The van der Waals surface area contributed by atoms with Crippen LogP contribution in [0.4, 0.5) is 5.69 Å². The van der Waals surface area contributed by atoms with Crippen molar-refractivity contribution >= 4 is 50.6 Å². The molecule has 0 unspecified atom stereocenters. The van der Waals surface area contributed by atoms with Crippen molar-refractivity contribution in [2.75, 3.05) is 0 Å². The van der Waals surface area contributed by atoms with Crippen molar-refractivity contribution in [2.45, 2.75) is 13.8 Å². The van der Waals surface area contributed by atoms with Crippen molar-refractivity contribution in [3.8, 4) is 34.0 Å². The molecule has 0 amide bonds. The molecule has 3 heterocycles. The number of imidazole rings is 1. The second kappa shape index (κ2) is 14.6. The molecule has 54 heavy (non-hydrogen) atoms. The largest absolute Gasteiger partial charge is 2.00 e. The molecule has 258 valence electrons. The number of rotatable bonds is 7. The Bertz CT molecular complexity index is 2800. The molecule has 0 saturated carbocycles. The zero-order chi connectivity index (χ0) is 35.9. The third kappa shape index (κ3) is 6.17. The zero-order valence-electron chi connectivity index (χ0n) is 29.6. The monoisotopic (exact) mass is 872 g/mol. The van der Waals surface area contributed by atoms with Crippen molar-refractivity contribution in [1.82, 2.24) is 19.1 Å². The summed E-state index contributed by atoms with van der Waals surface area (Å²) in [6, 6.07) is 55.7. The van der Waals surface area contributed by atoms with Crippen LogP contribution < -0.4 is 16.4 Å². The Hall–Kier alpha value is -6.28. The second-order valence-electron chi connectivity index (χ2n) is 13.3. The molecule has 0 aliphatic carbocycles. The normalized spacial score (nSPS) is 11.0. The first kappa shape index (κ1) is 34.8. The number of hydrogen-bond acceptors (Lipinski definition) is 2. The summed E-state index contributed by atoms with van der Waals surface area (Å²) in [6.07, 6.45) is 5.63. The van der Waals surface area contributed by atoms with Gasteiger partial charge in [-0.25, -0.2) is 4.98 Å². The van der Waals surface area contributed by atoms with Crippen molar-refractivity contribution in [1.29, 1.82) is 0 Å². The number of aromatic nitrogens is 4. The number of fused-ring (bicyclic) bond motifs is 3. The predicted molar refractivity (Wildman–Crippen MR) is 218 cm³/mol. The molecule has 3 aromatic heterocycles. The zero-order valence-corrected chi connectivity index (χ0v) is 31.9. The minimum absolute atomic E-state index is 0. The van der Waals surface area contributed by atoms with Gasteiger partial charge in [0.05, 0.1) is 12.4 Å². The molecule has 0 bridgehead atoms. The van der Waals surface area contributed by atoms with Crippen LogP contribution in [0.1, 0.15) is 11.1 Å². The van der Waals surface area contributed by atoms with Gasteiger partial charge in [-0.2, -0.15) is 29.1 Å². The van der Waals surface area contributed by atoms with E-state index in [2.05, 4.69) is 137 Å². The fraction of sp³-hybridized carbons (Fsp3) is 0.0426. The second-order valence-corrected chi connectivity index (χ2v) is 13.3. The summed E-state index contributed by atoms with van der Waals surface area (Å²) in [7, 11) is 0. The van der Waals surface area contributed by atoms with E-state index in [0.29, 0.717) is 5.69 Å². The Balaban J connectivity index is 0.00000413. The molecule has 5 nitrogen and oxygen atoms in total. The van der Waals surface area contributed by atoms with E-state index in [1.165, 1.54) is 5.56 Å². The maximum Gasteiger partial charge on any atom is 2.00 e. The van der Waals surface area contributed by atoms with E-state index in [4.69, 9.17) is 16.5 Å². The summed E-state index contributed by atoms with van der Waals surface area (Å²) in [5, 5.41) is 2.22. The SMILES string of the molecule is [C-]#[N+]c1cc(B(c2[c-]c3c(cc2)c2cc(-c4ccccc4)ccc2n3-c2ccccn2)c2ccccc2)[c-]c(-c2nccn2-c2c(C)cccc2C)c1.[Pt+2]. The maximum absolute atomic E-state index is 8.14. The third-order valence-electron chi connectivity index (χ3n) is 10.0. The van der Waals surface area contributed by atoms with Crippen molar-refractivity contribution < 1.29 is 21.1 Å². The van der Waals surface area contributed by atoms with Gasteiger partial charge >= 0.3 is 21.1 Å². The van der Waals surface area contributed by atoms with Gasteiger partial charge in [0.1, 0.15) is 11.5 Å². The Morgan fingerprint density at radius 1 is 0.648 bits per heavy atom. The van der Waals surface area contributed by atoms with Gasteiger partial charge in [-0.1, -0.05) is 108 Å². The van der Waals surface area contributed by atoms with Crippen LogP contribution in [-0.2, 0) is 21.1 Å². The van der Waals surface area contributed by atoms with Gasteiger partial charge in [-0.15, -0.1) is 29.1 Å². The van der Waals surface area contributed by atoms with E-state index in [1.54, 1.807) is 0 Å². The molecule has 0 fully saturated rings. The van der Waals surface area contributed by atoms with Crippen LogP contribution in [0.5, 0.6) is 0 Å². The molecule has 0 aliphatic heterocycles. The number of pyridine rings is 1. The first-order chi connectivity index (χ1) is 26.1. The van der Waals surface area contributed by atoms with Gasteiger partial charge in [-0.05, 0) is 59.7 Å². The Kier molecular flexibility index (Phi) is 9.42. The average Bonchev–Trinajstić information content (AvgIpc) is 3.81. The molecule has 9 aromatic rings. The van der Waals surface area contributed by atoms with Gasteiger partial charge in [0.25, 0.3) is 0 Å². The quantitative estimate of drug-likeness (QED) is 0.119. The van der Waals surface area contributed by atoms with Crippen molar-refractivity contribution in [3.05, 3.63) is 193 Å². The summed E-state index contributed by atoms with van der Waals surface area (Å²) in [6.45, 7) is 12.1. The maximum atomic E-state index is 8.14. The molecule has 0 aliphatic rings. The minimum Gasteiger partial charge on any atom is -0.340 e. The molecular weight excluding hydrogens is 840 g/mol. The van der Waals surface area contributed by atoms with Gasteiger partial charge < -0.3 is 9.13 Å². The van der Waals surface area contributed by atoms with Crippen LogP contribution in [-0.4, -0.2) is 25.8 Å². The molecule has 0 atom stereocenters. The standard InChI is InChI=1S/C47H32BN5.Pt/c1-32-13-12-14-33(2)46(32)52-26-25-51-47(52)36-27-39(30-40(28-36)49-3)48(37-17-8-5-9-18-37)38-21-22-41-42-29-35(34-15-6-4-7-16-34)20-23-43(42)53(44(41)31-38)45-19-10-11-24-50-45;/h4-26,28-30H,1-2H3;/q-2;+2. The van der Waals surface area contributed by atoms with Crippen LogP contribution in [0.3, 0.4) is 0 Å². The summed E-state index contributed by atoms with van der Waals surface area (Å²) in [5.41, 5.74) is 11.9. The van der Waals surface area contributed by atoms with Gasteiger partial charge in [0.2, 0.25) is 0 Å². The summed E-state index contributed by atoms with van der Waals surface area (Å²) in [4.78, 5) is 13.6. The van der Waals surface area contributed by atoms with E-state index in [-0.39, 0.29) is 27.8 Å². The van der Waals surface area contributed by atoms with Gasteiger partial charge in [-0.3, -0.25) is 9.83 Å². The number of aryl methyl sites for hydroxylation is 2. The minimum atomic E-state index is -0.264. The van der Waals surface area contributed by atoms with Crippen molar-refractivity contribution in [3.63, 3.8) is 0 Å². The number of benzene rings is 6. The van der Waals surface area contributed by atoms with Crippen LogP contribution in [0.25, 0.3) is 60.7 Å². The fourth-order valence-electron chi connectivity index (χ4n) is 7.62. The predicted octanol–water partition coefficient (Wildman–Crippen LogP) is 8.98. The van der Waals surface area contributed by atoms with Crippen LogP contribution in [0.15, 0.2) is 158 Å². The Morgan fingerprint density at radius 2 is 1.41 bits per heavy atom. The average molecular weight is 873 g/mol. The number of nitrogens with zero attached hydrogens (tertiary/aromatic N) is 5.